The zero-order valence-electron chi connectivity index (χ0n) is 19.2. The van der Waals surface area contributed by atoms with Crippen LogP contribution in [0.15, 0.2) is 23.1 Å². The standard InChI is InChI=1S/C24H35N3O4S/c1-24(2)20-16-19(32(30,31)26-14-8-5-9-15-26)12-13-21(20)27(23(24)29)17-22(28)25-18-10-6-3-4-7-11-18/h12-13,16,18H,3-11,14-15,17H2,1-2H3,(H,25,28). The van der Waals surface area contributed by atoms with E-state index >= 15 is 0 Å². The number of rotatable bonds is 5. The van der Waals surface area contributed by atoms with Gasteiger partial charge in [0.05, 0.1) is 10.3 Å². The van der Waals surface area contributed by atoms with Gasteiger partial charge in [0.15, 0.2) is 0 Å². The van der Waals surface area contributed by atoms with Crippen molar-refractivity contribution in [1.82, 2.24) is 9.62 Å². The van der Waals surface area contributed by atoms with Gasteiger partial charge in [-0.2, -0.15) is 4.31 Å². The van der Waals surface area contributed by atoms with E-state index in [1.807, 2.05) is 0 Å². The Morgan fingerprint density at radius 1 is 1.03 bits per heavy atom. The summed E-state index contributed by atoms with van der Waals surface area (Å²) in [5, 5.41) is 3.11. The van der Waals surface area contributed by atoms with Crippen molar-refractivity contribution >= 4 is 27.5 Å². The topological polar surface area (TPSA) is 86.8 Å². The number of fused-ring (bicyclic) bond motifs is 1. The van der Waals surface area contributed by atoms with Gasteiger partial charge < -0.3 is 10.2 Å². The Bertz CT molecular complexity index is 975. The molecule has 2 fully saturated rings. The minimum absolute atomic E-state index is 0.0377. The third kappa shape index (κ3) is 4.44. The molecule has 1 aliphatic carbocycles. The fourth-order valence-electron chi connectivity index (χ4n) is 5.23. The lowest BCUT2D eigenvalue weighted by molar-refractivity contribution is -0.126. The van der Waals surface area contributed by atoms with E-state index in [4.69, 9.17) is 0 Å². The number of piperidine rings is 1. The lowest BCUT2D eigenvalue weighted by Gasteiger charge is -2.26. The van der Waals surface area contributed by atoms with Crippen LogP contribution in [0.3, 0.4) is 0 Å². The zero-order valence-corrected chi connectivity index (χ0v) is 20.0. The smallest absolute Gasteiger partial charge is 0.243 e. The summed E-state index contributed by atoms with van der Waals surface area (Å²) in [5.74, 6) is -0.324. The fourth-order valence-corrected chi connectivity index (χ4v) is 6.77. The van der Waals surface area contributed by atoms with Gasteiger partial charge in [-0.25, -0.2) is 8.42 Å². The number of anilines is 1. The number of amides is 2. The van der Waals surface area contributed by atoms with E-state index in [9.17, 15) is 18.0 Å². The number of nitrogens with one attached hydrogen (secondary N) is 1. The third-order valence-corrected chi connectivity index (χ3v) is 9.08. The van der Waals surface area contributed by atoms with Gasteiger partial charge in [0.25, 0.3) is 0 Å². The Balaban J connectivity index is 1.55. The second-order valence-corrected chi connectivity index (χ2v) is 11.9. The molecular formula is C24H35N3O4S. The van der Waals surface area contributed by atoms with E-state index in [1.165, 1.54) is 17.7 Å². The minimum Gasteiger partial charge on any atom is -0.352 e. The highest BCUT2D eigenvalue weighted by atomic mass is 32.2. The molecule has 2 heterocycles. The molecule has 2 aliphatic heterocycles. The quantitative estimate of drug-likeness (QED) is 0.682. The zero-order chi connectivity index (χ0) is 22.9. The van der Waals surface area contributed by atoms with E-state index in [2.05, 4.69) is 5.32 Å². The molecule has 3 aliphatic rings. The third-order valence-electron chi connectivity index (χ3n) is 7.19. The molecule has 0 radical (unpaired) electrons. The number of sulfonamides is 1. The van der Waals surface area contributed by atoms with Crippen LogP contribution in [0, 0.1) is 0 Å². The summed E-state index contributed by atoms with van der Waals surface area (Å²) in [5.41, 5.74) is 0.419. The molecule has 8 heteroatoms. The van der Waals surface area contributed by atoms with Gasteiger partial charge in [0.2, 0.25) is 21.8 Å². The molecule has 1 N–H and O–H groups in total. The Labute approximate surface area is 191 Å². The Kier molecular flexibility index (Phi) is 6.63. The predicted molar refractivity (Wildman–Crippen MR) is 124 cm³/mol. The first kappa shape index (κ1) is 23.2. The average molecular weight is 462 g/mol. The number of carbonyl (C=O) groups is 2. The SMILES string of the molecule is CC1(C)C(=O)N(CC(=O)NC2CCCCCC2)c2ccc(S(=O)(=O)N3CCCCC3)cc21. The number of carbonyl (C=O) groups excluding carboxylic acids is 2. The summed E-state index contributed by atoms with van der Waals surface area (Å²) in [6.07, 6.45) is 9.43. The summed E-state index contributed by atoms with van der Waals surface area (Å²) in [6.45, 7) is 4.64. The molecule has 1 saturated heterocycles. The van der Waals surface area contributed by atoms with Crippen molar-refractivity contribution in [2.24, 2.45) is 0 Å². The largest absolute Gasteiger partial charge is 0.352 e. The van der Waals surface area contributed by atoms with Crippen molar-refractivity contribution in [3.8, 4) is 0 Å². The first-order valence-electron chi connectivity index (χ1n) is 12.0. The molecule has 4 rings (SSSR count). The minimum atomic E-state index is -3.59. The highest BCUT2D eigenvalue weighted by Gasteiger charge is 2.45. The number of benzene rings is 1. The maximum absolute atomic E-state index is 13.2. The van der Waals surface area contributed by atoms with Crippen molar-refractivity contribution in [1.29, 1.82) is 0 Å². The van der Waals surface area contributed by atoms with Crippen LogP contribution in [0.25, 0.3) is 0 Å². The number of hydrogen-bond acceptors (Lipinski definition) is 4. The van der Waals surface area contributed by atoms with Gasteiger partial charge in [-0.15, -0.1) is 0 Å². The van der Waals surface area contributed by atoms with Crippen LogP contribution >= 0.6 is 0 Å². The van der Waals surface area contributed by atoms with Crippen molar-refractivity contribution < 1.29 is 18.0 Å². The summed E-state index contributed by atoms with van der Waals surface area (Å²) >= 11 is 0. The van der Waals surface area contributed by atoms with Crippen LogP contribution in [0.2, 0.25) is 0 Å². The molecule has 176 valence electrons. The molecule has 0 atom stereocenters. The van der Waals surface area contributed by atoms with Gasteiger partial charge in [-0.1, -0.05) is 32.1 Å². The summed E-state index contributed by atoms with van der Waals surface area (Å²) < 4.78 is 27.8. The van der Waals surface area contributed by atoms with Crippen LogP contribution < -0.4 is 10.2 Å². The molecule has 1 saturated carbocycles. The second-order valence-electron chi connectivity index (χ2n) is 9.92. The number of nitrogens with zero attached hydrogens (tertiary/aromatic N) is 2. The molecule has 0 unspecified atom stereocenters. The molecule has 1 aromatic carbocycles. The summed E-state index contributed by atoms with van der Waals surface area (Å²) in [6, 6.07) is 5.08. The van der Waals surface area contributed by atoms with Gasteiger partial charge in [-0.05, 0) is 63.3 Å². The van der Waals surface area contributed by atoms with E-state index in [-0.39, 0.29) is 29.3 Å². The van der Waals surface area contributed by atoms with Crippen molar-refractivity contribution in [3.05, 3.63) is 23.8 Å². The van der Waals surface area contributed by atoms with Crippen LogP contribution in [0.5, 0.6) is 0 Å². The molecule has 0 spiro atoms. The van der Waals surface area contributed by atoms with Gasteiger partial charge in [-0.3, -0.25) is 9.59 Å². The summed E-state index contributed by atoms with van der Waals surface area (Å²) in [7, 11) is -3.59. The molecule has 7 nitrogen and oxygen atoms in total. The van der Waals surface area contributed by atoms with E-state index < -0.39 is 15.4 Å². The molecule has 0 aromatic heterocycles. The number of hydrogen-bond donors (Lipinski definition) is 1. The molecule has 0 bridgehead atoms. The second kappa shape index (κ2) is 9.14. The Hall–Kier alpha value is -1.93. The Morgan fingerprint density at radius 2 is 1.66 bits per heavy atom. The average Bonchev–Trinajstić information content (AvgIpc) is 2.96. The predicted octanol–water partition coefficient (Wildman–Crippen LogP) is 3.32. The van der Waals surface area contributed by atoms with E-state index in [1.54, 1.807) is 36.4 Å². The normalized spacial score (nSPS) is 22.4. The molecule has 1 aromatic rings. The first-order valence-corrected chi connectivity index (χ1v) is 13.4. The first-order chi connectivity index (χ1) is 15.2. The van der Waals surface area contributed by atoms with Gasteiger partial charge >= 0.3 is 0 Å². The fraction of sp³-hybridized carbons (Fsp3) is 0.667. The molecule has 2 amide bonds. The van der Waals surface area contributed by atoms with Crippen molar-refractivity contribution in [2.45, 2.75) is 88.0 Å². The molecule has 32 heavy (non-hydrogen) atoms. The Morgan fingerprint density at radius 3 is 2.31 bits per heavy atom. The lowest BCUT2D eigenvalue weighted by Crippen LogP contribution is -2.45. The highest BCUT2D eigenvalue weighted by molar-refractivity contribution is 7.89. The monoisotopic (exact) mass is 461 g/mol. The van der Waals surface area contributed by atoms with Crippen molar-refractivity contribution in [2.75, 3.05) is 24.5 Å². The van der Waals surface area contributed by atoms with E-state index in [0.29, 0.717) is 24.3 Å². The van der Waals surface area contributed by atoms with Crippen molar-refractivity contribution in [3.63, 3.8) is 0 Å². The molecular weight excluding hydrogens is 426 g/mol. The van der Waals surface area contributed by atoms with Gasteiger partial charge in [0, 0.05) is 24.8 Å². The van der Waals surface area contributed by atoms with Crippen LogP contribution in [0.1, 0.15) is 77.2 Å². The van der Waals surface area contributed by atoms with Crippen LogP contribution in [0.4, 0.5) is 5.69 Å². The maximum atomic E-state index is 13.2. The maximum Gasteiger partial charge on any atom is 0.243 e. The van der Waals surface area contributed by atoms with E-state index in [0.717, 1.165) is 44.9 Å². The highest BCUT2D eigenvalue weighted by Crippen LogP contribution is 2.42. The lowest BCUT2D eigenvalue weighted by atomic mass is 9.86. The summed E-state index contributed by atoms with van der Waals surface area (Å²) in [4.78, 5) is 27.7. The van der Waals surface area contributed by atoms with Crippen LogP contribution in [-0.2, 0) is 25.0 Å². The van der Waals surface area contributed by atoms with Gasteiger partial charge in [0.1, 0.15) is 6.54 Å². The van der Waals surface area contributed by atoms with Crippen LogP contribution in [-0.4, -0.2) is 50.2 Å².